The van der Waals surface area contributed by atoms with Crippen LogP contribution in [0.4, 0.5) is 10.5 Å². The zero-order chi connectivity index (χ0) is 31.3. The standard InChI is InChI=1S/C35H49N7O2/c1-3-5-6-10-30(9-4-2)38-34(43)28-15-13-27(14-16-28)32-23-29-25-42(35(44)40-33(29)39-32)31-17-11-26(12-18-31)24-41(21-7-19-36)22-8-20-37/h3,5,11-18,23,25,30,33,39H,4,6-10,19-22,24,36-37H2,1-2H3,(H,38,43)(H,40,44). The molecule has 0 spiro atoms. The smallest absolute Gasteiger partial charge is 0.327 e. The Hall–Kier alpha value is -3.92. The van der Waals surface area contributed by atoms with Crippen LogP contribution >= 0.6 is 0 Å². The van der Waals surface area contributed by atoms with Gasteiger partial charge in [-0.2, -0.15) is 0 Å². The molecule has 2 unspecified atom stereocenters. The number of carbonyl (C=O) groups excluding carboxylic acids is 2. The Labute approximate surface area is 262 Å². The molecule has 2 heterocycles. The van der Waals surface area contributed by atoms with Gasteiger partial charge in [0.25, 0.3) is 5.91 Å². The highest BCUT2D eigenvalue weighted by molar-refractivity contribution is 5.97. The van der Waals surface area contributed by atoms with Crippen LogP contribution in [0.5, 0.6) is 0 Å². The summed E-state index contributed by atoms with van der Waals surface area (Å²) >= 11 is 0. The predicted molar refractivity (Wildman–Crippen MR) is 180 cm³/mol. The molecule has 4 rings (SSSR count). The van der Waals surface area contributed by atoms with Gasteiger partial charge in [0.05, 0.1) is 5.69 Å². The number of rotatable bonds is 17. The molecular weight excluding hydrogens is 550 g/mol. The number of amides is 3. The maximum Gasteiger partial charge on any atom is 0.327 e. The lowest BCUT2D eigenvalue weighted by Crippen LogP contribution is -2.51. The molecule has 9 heteroatoms. The van der Waals surface area contributed by atoms with Gasteiger partial charge < -0.3 is 27.4 Å². The first kappa shape index (κ1) is 33.0. The van der Waals surface area contributed by atoms with Crippen LogP contribution in [-0.4, -0.2) is 55.2 Å². The normalized spacial score (nSPS) is 16.8. The van der Waals surface area contributed by atoms with Gasteiger partial charge in [-0.25, -0.2) is 4.79 Å². The summed E-state index contributed by atoms with van der Waals surface area (Å²) in [5.41, 5.74) is 16.9. The number of benzene rings is 2. The van der Waals surface area contributed by atoms with E-state index >= 15 is 0 Å². The number of allylic oxidation sites excluding steroid dienone is 2. The SMILES string of the molecule is CC=CCCC(CCC)NC(=O)c1ccc(C2=CC3=CN(c4ccc(CN(CCCN)CCCN)cc4)C(=O)NC3N2)cc1. The van der Waals surface area contributed by atoms with Gasteiger partial charge in [-0.15, -0.1) is 0 Å². The number of fused-ring (bicyclic) bond motifs is 1. The molecule has 0 bridgehead atoms. The van der Waals surface area contributed by atoms with Gasteiger partial charge in [0, 0.05) is 35.6 Å². The summed E-state index contributed by atoms with van der Waals surface area (Å²) in [5.74, 6) is -0.0482. The molecule has 236 valence electrons. The van der Waals surface area contributed by atoms with Crippen LogP contribution < -0.4 is 32.3 Å². The number of carbonyl (C=O) groups is 2. The van der Waals surface area contributed by atoms with Crippen molar-refractivity contribution in [1.82, 2.24) is 20.9 Å². The van der Waals surface area contributed by atoms with Crippen LogP contribution in [0.25, 0.3) is 5.70 Å². The van der Waals surface area contributed by atoms with E-state index < -0.39 is 0 Å². The van der Waals surface area contributed by atoms with Crippen molar-refractivity contribution in [2.24, 2.45) is 11.5 Å². The summed E-state index contributed by atoms with van der Waals surface area (Å²) in [6.45, 7) is 8.20. The number of urea groups is 1. The summed E-state index contributed by atoms with van der Waals surface area (Å²) in [6.07, 6.45) is 13.6. The average Bonchev–Trinajstić information content (AvgIpc) is 3.45. The molecule has 3 amide bonds. The van der Waals surface area contributed by atoms with Gasteiger partial charge in [-0.05, 0) is 107 Å². The van der Waals surface area contributed by atoms with E-state index in [9.17, 15) is 9.59 Å². The van der Waals surface area contributed by atoms with E-state index in [1.165, 1.54) is 5.56 Å². The van der Waals surface area contributed by atoms with E-state index in [-0.39, 0.29) is 24.1 Å². The number of nitrogens with two attached hydrogens (primary N) is 2. The van der Waals surface area contributed by atoms with E-state index in [0.29, 0.717) is 18.7 Å². The molecule has 2 aromatic carbocycles. The number of nitrogens with one attached hydrogen (secondary N) is 3. The van der Waals surface area contributed by atoms with Crippen molar-refractivity contribution in [2.75, 3.05) is 31.1 Å². The van der Waals surface area contributed by atoms with Crippen molar-refractivity contribution in [3.63, 3.8) is 0 Å². The van der Waals surface area contributed by atoms with Gasteiger partial charge in [0.1, 0.15) is 6.17 Å². The van der Waals surface area contributed by atoms with Crippen molar-refractivity contribution in [3.8, 4) is 0 Å². The molecule has 0 aliphatic carbocycles. The van der Waals surface area contributed by atoms with E-state index in [4.69, 9.17) is 11.5 Å². The maximum absolute atomic E-state index is 13.0. The number of anilines is 1. The van der Waals surface area contributed by atoms with Crippen LogP contribution in [0, 0.1) is 0 Å². The Kier molecular flexibility index (Phi) is 12.6. The number of hydrogen-bond donors (Lipinski definition) is 5. The minimum Gasteiger partial charge on any atom is -0.361 e. The lowest BCUT2D eigenvalue weighted by molar-refractivity contribution is 0.0933. The lowest BCUT2D eigenvalue weighted by Gasteiger charge is -2.29. The Morgan fingerprint density at radius 1 is 1.02 bits per heavy atom. The monoisotopic (exact) mass is 599 g/mol. The van der Waals surface area contributed by atoms with Crippen LogP contribution in [-0.2, 0) is 6.54 Å². The fourth-order valence-electron chi connectivity index (χ4n) is 5.61. The third-order valence-corrected chi connectivity index (χ3v) is 8.03. The molecular formula is C35H49N7O2. The van der Waals surface area contributed by atoms with Crippen LogP contribution in [0.15, 0.2) is 78.5 Å². The fraction of sp³-hybridized carbons (Fsp3) is 0.429. The molecule has 0 saturated carbocycles. The first-order valence-electron chi connectivity index (χ1n) is 16.0. The first-order valence-corrected chi connectivity index (χ1v) is 16.0. The zero-order valence-electron chi connectivity index (χ0n) is 26.2. The van der Waals surface area contributed by atoms with Gasteiger partial charge in [-0.3, -0.25) is 14.6 Å². The largest absolute Gasteiger partial charge is 0.361 e. The summed E-state index contributed by atoms with van der Waals surface area (Å²) in [7, 11) is 0. The van der Waals surface area contributed by atoms with Gasteiger partial charge in [0.2, 0.25) is 0 Å². The van der Waals surface area contributed by atoms with Gasteiger partial charge in [0.15, 0.2) is 0 Å². The molecule has 7 N–H and O–H groups in total. The molecule has 0 saturated heterocycles. The van der Waals surface area contributed by atoms with Crippen LogP contribution in [0.2, 0.25) is 0 Å². The van der Waals surface area contributed by atoms with Crippen molar-refractivity contribution in [3.05, 3.63) is 95.2 Å². The molecule has 2 atom stereocenters. The highest BCUT2D eigenvalue weighted by atomic mass is 16.2. The van der Waals surface area contributed by atoms with Crippen LogP contribution in [0.1, 0.15) is 73.9 Å². The Bertz CT molecular complexity index is 1310. The van der Waals surface area contributed by atoms with Crippen molar-refractivity contribution >= 4 is 23.3 Å². The second-order valence-electron chi connectivity index (χ2n) is 11.5. The minimum absolute atomic E-state index is 0.0482. The second kappa shape index (κ2) is 16.8. The van der Waals surface area contributed by atoms with Crippen LogP contribution in [0.3, 0.4) is 0 Å². The summed E-state index contributed by atoms with van der Waals surface area (Å²) < 4.78 is 0. The third-order valence-electron chi connectivity index (χ3n) is 8.03. The number of hydrogen-bond acceptors (Lipinski definition) is 6. The third kappa shape index (κ3) is 9.05. The molecule has 0 aromatic heterocycles. The molecule has 0 fully saturated rings. The maximum atomic E-state index is 13.0. The molecule has 44 heavy (non-hydrogen) atoms. The summed E-state index contributed by atoms with van der Waals surface area (Å²) in [5, 5.41) is 9.66. The molecule has 9 nitrogen and oxygen atoms in total. The Balaban J connectivity index is 1.40. The van der Waals surface area contributed by atoms with Crippen molar-refractivity contribution in [1.29, 1.82) is 0 Å². The second-order valence-corrected chi connectivity index (χ2v) is 11.5. The highest BCUT2D eigenvalue weighted by Gasteiger charge is 2.31. The first-order chi connectivity index (χ1) is 21.4. The van der Waals surface area contributed by atoms with Crippen molar-refractivity contribution < 1.29 is 9.59 Å². The van der Waals surface area contributed by atoms with E-state index in [1.54, 1.807) is 4.90 Å². The fourth-order valence-corrected chi connectivity index (χ4v) is 5.61. The Morgan fingerprint density at radius 3 is 2.36 bits per heavy atom. The lowest BCUT2D eigenvalue weighted by atomic mass is 10.0. The quantitative estimate of drug-likeness (QED) is 0.166. The topological polar surface area (TPSA) is 129 Å². The van der Waals surface area contributed by atoms with E-state index in [1.807, 2.05) is 61.7 Å². The Morgan fingerprint density at radius 2 is 1.73 bits per heavy atom. The minimum atomic E-state index is -0.304. The van der Waals surface area contributed by atoms with Gasteiger partial charge >= 0.3 is 6.03 Å². The van der Waals surface area contributed by atoms with E-state index in [0.717, 1.165) is 80.7 Å². The average molecular weight is 600 g/mol. The predicted octanol–water partition coefficient (Wildman–Crippen LogP) is 4.82. The summed E-state index contributed by atoms with van der Waals surface area (Å²) in [4.78, 5) is 30.0. The summed E-state index contributed by atoms with van der Waals surface area (Å²) in [6, 6.07) is 15.7. The molecule has 2 aliphatic heterocycles. The van der Waals surface area contributed by atoms with Gasteiger partial charge in [-0.1, -0.05) is 49.8 Å². The zero-order valence-corrected chi connectivity index (χ0v) is 26.2. The number of nitrogens with zero attached hydrogens (tertiary/aromatic N) is 2. The molecule has 0 radical (unpaired) electrons. The highest BCUT2D eigenvalue weighted by Crippen LogP contribution is 2.28. The molecule has 2 aromatic rings. The van der Waals surface area contributed by atoms with Crippen molar-refractivity contribution in [2.45, 2.75) is 71.1 Å². The van der Waals surface area contributed by atoms with E-state index in [2.05, 4.69) is 46.0 Å². The molecule has 2 aliphatic rings.